The minimum Gasteiger partial charge on any atom is -0.384 e. The summed E-state index contributed by atoms with van der Waals surface area (Å²) in [5.74, 6) is 1.49. The molecule has 2 heterocycles. The van der Waals surface area contributed by atoms with Gasteiger partial charge in [-0.05, 0) is 49.8 Å². The predicted molar refractivity (Wildman–Crippen MR) is 133 cm³/mol. The van der Waals surface area contributed by atoms with E-state index in [1.165, 1.54) is 12.0 Å². The van der Waals surface area contributed by atoms with Crippen molar-refractivity contribution in [1.82, 2.24) is 19.9 Å². The lowest BCUT2D eigenvalue weighted by atomic mass is 9.95. The molecule has 4 N–H and O–H groups in total. The lowest BCUT2D eigenvalue weighted by Gasteiger charge is -2.18. The molecule has 9 nitrogen and oxygen atoms in total. The molecule has 9 heteroatoms. The molecule has 0 saturated heterocycles. The van der Waals surface area contributed by atoms with E-state index in [9.17, 15) is 4.79 Å². The van der Waals surface area contributed by atoms with Crippen LogP contribution in [-0.2, 0) is 35.3 Å². The summed E-state index contributed by atoms with van der Waals surface area (Å²) < 4.78 is 13.3. The number of aromatic nitrogens is 3. The number of aryl methyl sites for hydroxylation is 3. The fourth-order valence-electron chi connectivity index (χ4n) is 4.44. The molecule has 182 valence electrons. The summed E-state index contributed by atoms with van der Waals surface area (Å²) >= 11 is 0. The molecule has 0 fully saturated rings. The van der Waals surface area contributed by atoms with E-state index in [2.05, 4.69) is 20.2 Å². The van der Waals surface area contributed by atoms with Gasteiger partial charge in [0.05, 0.1) is 18.7 Å². The van der Waals surface area contributed by atoms with E-state index in [-0.39, 0.29) is 6.03 Å². The molecule has 1 aliphatic rings. The second kappa shape index (κ2) is 11.8. The Bertz CT molecular complexity index is 1100. The average Bonchev–Trinajstić information content (AvgIpc) is 3.22. The van der Waals surface area contributed by atoms with Crippen LogP contribution in [0.15, 0.2) is 30.3 Å². The lowest BCUT2D eigenvalue weighted by Crippen LogP contribution is -2.31. The summed E-state index contributed by atoms with van der Waals surface area (Å²) in [5, 5.41) is 5.60. The largest absolute Gasteiger partial charge is 0.384 e. The normalized spacial score (nSPS) is 13.1. The van der Waals surface area contributed by atoms with E-state index >= 15 is 0 Å². The molecule has 0 spiro atoms. The smallest absolute Gasteiger partial charge is 0.319 e. The minimum atomic E-state index is -0.238. The molecule has 34 heavy (non-hydrogen) atoms. The van der Waals surface area contributed by atoms with Gasteiger partial charge < -0.3 is 30.4 Å². The average molecular weight is 467 g/mol. The monoisotopic (exact) mass is 466 g/mol. The van der Waals surface area contributed by atoms with Gasteiger partial charge in [-0.1, -0.05) is 18.2 Å². The van der Waals surface area contributed by atoms with Crippen LogP contribution in [0.4, 0.5) is 16.3 Å². The van der Waals surface area contributed by atoms with E-state index in [4.69, 9.17) is 20.2 Å². The molecule has 3 aromatic rings. The van der Waals surface area contributed by atoms with Crippen molar-refractivity contribution in [2.75, 3.05) is 44.5 Å². The highest BCUT2D eigenvalue weighted by molar-refractivity contribution is 5.89. The van der Waals surface area contributed by atoms with Gasteiger partial charge in [-0.15, -0.1) is 0 Å². The lowest BCUT2D eigenvalue weighted by molar-refractivity contribution is 0.131. The first kappa shape index (κ1) is 24.0. The Hall–Kier alpha value is -3.17. The number of fused-ring (bicyclic) bond motifs is 3. The van der Waals surface area contributed by atoms with Crippen LogP contribution in [0.1, 0.15) is 36.3 Å². The Morgan fingerprint density at radius 1 is 1.12 bits per heavy atom. The molecular weight excluding hydrogens is 432 g/mol. The quantitative estimate of drug-likeness (QED) is 0.373. The van der Waals surface area contributed by atoms with Crippen LogP contribution >= 0.6 is 0 Å². The first-order chi connectivity index (χ1) is 16.7. The first-order valence-corrected chi connectivity index (χ1v) is 12.0. The zero-order valence-electron chi connectivity index (χ0n) is 19.8. The SMILES string of the molecule is COCCc1nc2c(N)nc3c(c2n1CCCOCCNC(=O)Nc1ccccc1)CCCC3. The van der Waals surface area contributed by atoms with Crippen molar-refractivity contribution in [3.05, 3.63) is 47.4 Å². The van der Waals surface area contributed by atoms with Crippen LogP contribution in [0, 0.1) is 0 Å². The topological polar surface area (TPSA) is 116 Å². The zero-order chi connectivity index (χ0) is 23.8. The van der Waals surface area contributed by atoms with Crippen molar-refractivity contribution in [3.63, 3.8) is 0 Å². The maximum absolute atomic E-state index is 11.9. The number of ether oxygens (including phenoxy) is 2. The predicted octanol–water partition coefficient (Wildman–Crippen LogP) is 3.31. The van der Waals surface area contributed by atoms with Crippen LogP contribution < -0.4 is 16.4 Å². The maximum Gasteiger partial charge on any atom is 0.319 e. The Morgan fingerprint density at radius 2 is 1.94 bits per heavy atom. The summed E-state index contributed by atoms with van der Waals surface area (Å²) in [7, 11) is 1.70. The summed E-state index contributed by atoms with van der Waals surface area (Å²) in [4.78, 5) is 21.4. The van der Waals surface area contributed by atoms with E-state index in [1.54, 1.807) is 7.11 Å². The van der Waals surface area contributed by atoms with Gasteiger partial charge in [0.1, 0.15) is 11.3 Å². The summed E-state index contributed by atoms with van der Waals surface area (Å²) in [6, 6.07) is 9.12. The fourth-order valence-corrected chi connectivity index (χ4v) is 4.44. The highest BCUT2D eigenvalue weighted by Crippen LogP contribution is 2.31. The number of imidazole rings is 1. The van der Waals surface area contributed by atoms with Gasteiger partial charge in [0.2, 0.25) is 0 Å². The van der Waals surface area contributed by atoms with Crippen LogP contribution in [0.5, 0.6) is 0 Å². The molecule has 2 aromatic heterocycles. The highest BCUT2D eigenvalue weighted by atomic mass is 16.5. The standard InChI is InChI=1S/C25H34N6O3/c1-33-16-12-21-30-22-23(19-10-5-6-11-20(19)29-24(22)26)31(21)14-7-15-34-17-13-27-25(32)28-18-8-3-2-4-9-18/h2-4,8-9H,5-7,10-17H2,1H3,(H2,26,29)(H2,27,28,32). The van der Waals surface area contributed by atoms with Crippen LogP contribution in [0.25, 0.3) is 11.0 Å². The number of anilines is 2. The van der Waals surface area contributed by atoms with Gasteiger partial charge in [-0.2, -0.15) is 0 Å². The Balaban J connectivity index is 1.31. The molecule has 0 atom stereocenters. The van der Waals surface area contributed by atoms with Gasteiger partial charge in [0, 0.05) is 44.6 Å². The molecule has 0 aliphatic heterocycles. The minimum absolute atomic E-state index is 0.238. The van der Waals surface area contributed by atoms with Gasteiger partial charge in [0.15, 0.2) is 5.82 Å². The van der Waals surface area contributed by atoms with Crippen molar-refractivity contribution in [3.8, 4) is 0 Å². The number of urea groups is 1. The molecule has 1 aromatic carbocycles. The number of hydrogen-bond acceptors (Lipinski definition) is 6. The number of nitrogens with one attached hydrogen (secondary N) is 2. The van der Waals surface area contributed by atoms with E-state index < -0.39 is 0 Å². The van der Waals surface area contributed by atoms with E-state index in [1.807, 2.05) is 30.3 Å². The van der Waals surface area contributed by atoms with Crippen molar-refractivity contribution < 1.29 is 14.3 Å². The third-order valence-electron chi connectivity index (χ3n) is 6.03. The van der Waals surface area contributed by atoms with Crippen molar-refractivity contribution in [2.45, 2.75) is 45.1 Å². The molecule has 0 bridgehead atoms. The van der Waals surface area contributed by atoms with Crippen LogP contribution in [0.3, 0.4) is 0 Å². The van der Waals surface area contributed by atoms with Crippen molar-refractivity contribution in [2.24, 2.45) is 0 Å². The van der Waals surface area contributed by atoms with Gasteiger partial charge >= 0.3 is 6.03 Å². The van der Waals surface area contributed by atoms with Gasteiger partial charge in [-0.3, -0.25) is 0 Å². The number of pyridine rings is 1. The Kier molecular flexibility index (Phi) is 8.32. The number of hydrogen-bond donors (Lipinski definition) is 3. The number of benzene rings is 1. The number of carbonyl (C=O) groups excluding carboxylic acids is 1. The molecule has 1 aliphatic carbocycles. The highest BCUT2D eigenvalue weighted by Gasteiger charge is 2.22. The number of carbonyl (C=O) groups is 1. The molecular formula is C25H34N6O3. The van der Waals surface area contributed by atoms with Gasteiger partial charge in [0.25, 0.3) is 0 Å². The maximum atomic E-state index is 11.9. The van der Waals surface area contributed by atoms with Crippen LogP contribution in [-0.4, -0.2) is 54.0 Å². The number of nitrogen functional groups attached to an aromatic ring is 1. The molecule has 0 unspecified atom stereocenters. The zero-order valence-corrected chi connectivity index (χ0v) is 19.8. The summed E-state index contributed by atoms with van der Waals surface area (Å²) in [6.45, 7) is 2.88. The van der Waals surface area contributed by atoms with Crippen LogP contribution in [0.2, 0.25) is 0 Å². The van der Waals surface area contributed by atoms with E-state index in [0.29, 0.717) is 32.2 Å². The molecule has 2 amide bonds. The summed E-state index contributed by atoms with van der Waals surface area (Å²) in [6.07, 6.45) is 5.87. The van der Waals surface area contributed by atoms with E-state index in [0.717, 1.165) is 66.9 Å². The molecule has 4 rings (SSSR count). The second-order valence-corrected chi connectivity index (χ2v) is 8.46. The number of rotatable bonds is 11. The third kappa shape index (κ3) is 5.84. The molecule has 0 saturated carbocycles. The summed E-state index contributed by atoms with van der Waals surface area (Å²) in [5.41, 5.74) is 11.4. The van der Waals surface area contributed by atoms with Gasteiger partial charge in [-0.25, -0.2) is 14.8 Å². The number of nitrogens with two attached hydrogens (primary N) is 1. The Labute approximate surface area is 200 Å². The fraction of sp³-hybridized carbons (Fsp3) is 0.480. The number of methoxy groups -OCH3 is 1. The molecule has 0 radical (unpaired) electrons. The number of amides is 2. The Morgan fingerprint density at radius 3 is 2.76 bits per heavy atom. The number of para-hydroxylation sites is 1. The third-order valence-corrected chi connectivity index (χ3v) is 6.03. The van der Waals surface area contributed by atoms with Crippen molar-refractivity contribution >= 4 is 28.6 Å². The first-order valence-electron chi connectivity index (χ1n) is 12.0. The van der Waals surface area contributed by atoms with Crippen molar-refractivity contribution in [1.29, 1.82) is 0 Å². The number of nitrogens with zero attached hydrogens (tertiary/aromatic N) is 3. The second-order valence-electron chi connectivity index (χ2n) is 8.46.